The lowest BCUT2D eigenvalue weighted by Gasteiger charge is -2.34. The highest BCUT2D eigenvalue weighted by molar-refractivity contribution is 5.81. The predicted octanol–water partition coefficient (Wildman–Crippen LogP) is 3.16. The van der Waals surface area contributed by atoms with Crippen molar-refractivity contribution in [1.82, 2.24) is 20.4 Å². The third-order valence-corrected chi connectivity index (χ3v) is 6.13. The van der Waals surface area contributed by atoms with Gasteiger partial charge in [0.15, 0.2) is 0 Å². The largest absolute Gasteiger partial charge is 0.353 e. The minimum atomic E-state index is -0.0825. The van der Waals surface area contributed by atoms with Crippen molar-refractivity contribution in [2.45, 2.75) is 58.0 Å². The van der Waals surface area contributed by atoms with Crippen LogP contribution in [0.1, 0.15) is 57.6 Å². The van der Waals surface area contributed by atoms with Gasteiger partial charge in [-0.3, -0.25) is 4.79 Å². The molecule has 3 rings (SSSR count). The monoisotopic (exact) mass is 400 g/mol. The van der Waals surface area contributed by atoms with E-state index in [1.807, 2.05) is 23.1 Å². The lowest BCUT2D eigenvalue weighted by Crippen LogP contribution is -2.50. The van der Waals surface area contributed by atoms with Crippen LogP contribution in [0.3, 0.4) is 0 Å². The van der Waals surface area contributed by atoms with Crippen LogP contribution in [-0.2, 0) is 4.79 Å². The molecule has 2 unspecified atom stereocenters. The van der Waals surface area contributed by atoms with Gasteiger partial charge in [-0.1, -0.05) is 44.2 Å². The maximum atomic E-state index is 13.0. The number of carbonyl (C=O) groups is 2. The Bertz CT molecular complexity index is 658. The summed E-state index contributed by atoms with van der Waals surface area (Å²) < 4.78 is 0. The highest BCUT2D eigenvalue weighted by Crippen LogP contribution is 2.23. The van der Waals surface area contributed by atoms with E-state index in [1.54, 1.807) is 0 Å². The summed E-state index contributed by atoms with van der Waals surface area (Å²) in [5.74, 6) is 0.0343. The molecule has 0 bridgehead atoms. The average molecular weight is 401 g/mol. The van der Waals surface area contributed by atoms with Gasteiger partial charge in [-0.25, -0.2) is 4.79 Å². The van der Waals surface area contributed by atoms with E-state index in [-0.39, 0.29) is 23.9 Å². The Hall–Kier alpha value is -2.08. The number of nitrogens with one attached hydrogen (secondary N) is 2. The number of carbonyl (C=O) groups excluding carboxylic acids is 2. The van der Waals surface area contributed by atoms with Crippen molar-refractivity contribution < 1.29 is 9.59 Å². The van der Waals surface area contributed by atoms with Crippen LogP contribution in [-0.4, -0.2) is 60.5 Å². The van der Waals surface area contributed by atoms with Gasteiger partial charge in [-0.2, -0.15) is 0 Å². The Labute approximate surface area is 175 Å². The topological polar surface area (TPSA) is 64.7 Å². The molecule has 6 nitrogen and oxygen atoms in total. The number of nitrogens with zero attached hydrogens (tertiary/aromatic N) is 2. The Balaban J connectivity index is 1.59. The molecule has 1 aliphatic carbocycles. The van der Waals surface area contributed by atoms with Gasteiger partial charge in [0.25, 0.3) is 0 Å². The molecule has 1 heterocycles. The van der Waals surface area contributed by atoms with E-state index < -0.39 is 0 Å². The summed E-state index contributed by atoms with van der Waals surface area (Å²) >= 11 is 0. The number of piperidine rings is 1. The smallest absolute Gasteiger partial charge is 0.317 e. The van der Waals surface area contributed by atoms with Crippen molar-refractivity contribution in [1.29, 1.82) is 0 Å². The minimum absolute atomic E-state index is 0.0232. The molecule has 2 fully saturated rings. The summed E-state index contributed by atoms with van der Waals surface area (Å²) in [5.41, 5.74) is 1.13. The Morgan fingerprint density at radius 2 is 1.86 bits per heavy atom. The molecular weight excluding hydrogens is 364 g/mol. The zero-order chi connectivity index (χ0) is 20.6. The highest BCUT2D eigenvalue weighted by atomic mass is 16.2. The molecule has 2 N–H and O–H groups in total. The average Bonchev–Trinajstić information content (AvgIpc) is 3.58. The van der Waals surface area contributed by atoms with Crippen LogP contribution in [0.15, 0.2) is 30.3 Å². The van der Waals surface area contributed by atoms with Crippen molar-refractivity contribution in [3.05, 3.63) is 35.9 Å². The molecule has 160 valence electrons. The van der Waals surface area contributed by atoms with E-state index in [0.29, 0.717) is 12.6 Å². The van der Waals surface area contributed by atoms with Crippen molar-refractivity contribution >= 4 is 11.9 Å². The number of likely N-dealkylation sites (tertiary alicyclic amines) is 1. The van der Waals surface area contributed by atoms with Gasteiger partial charge in [-0.05, 0) is 50.8 Å². The maximum Gasteiger partial charge on any atom is 0.317 e. The van der Waals surface area contributed by atoms with Crippen LogP contribution in [0.25, 0.3) is 0 Å². The van der Waals surface area contributed by atoms with Crippen LogP contribution in [0, 0.1) is 5.92 Å². The molecule has 1 aromatic rings. The first-order valence-corrected chi connectivity index (χ1v) is 11.2. The number of hydrogen-bond acceptors (Lipinski definition) is 3. The van der Waals surface area contributed by atoms with Crippen LogP contribution in [0.4, 0.5) is 4.79 Å². The first-order chi connectivity index (χ1) is 14.1. The molecule has 3 amide bonds. The summed E-state index contributed by atoms with van der Waals surface area (Å²) in [5, 5.41) is 6.34. The zero-order valence-corrected chi connectivity index (χ0v) is 17.9. The maximum absolute atomic E-state index is 13.0. The second-order valence-electron chi connectivity index (χ2n) is 8.30. The highest BCUT2D eigenvalue weighted by Gasteiger charge is 2.32. The molecule has 0 radical (unpaired) electrons. The summed E-state index contributed by atoms with van der Waals surface area (Å²) in [6.07, 6.45) is 4.80. The fourth-order valence-electron chi connectivity index (χ4n) is 4.02. The lowest BCUT2D eigenvalue weighted by molar-refractivity contribution is -0.126. The van der Waals surface area contributed by atoms with E-state index in [1.165, 1.54) is 0 Å². The predicted molar refractivity (Wildman–Crippen MR) is 116 cm³/mol. The van der Waals surface area contributed by atoms with E-state index in [4.69, 9.17) is 0 Å². The van der Waals surface area contributed by atoms with Gasteiger partial charge in [-0.15, -0.1) is 0 Å². The van der Waals surface area contributed by atoms with Gasteiger partial charge in [0.1, 0.15) is 0 Å². The van der Waals surface area contributed by atoms with E-state index >= 15 is 0 Å². The van der Waals surface area contributed by atoms with Crippen molar-refractivity contribution in [2.75, 3.05) is 32.7 Å². The third-order valence-electron chi connectivity index (χ3n) is 6.13. The molecule has 0 aromatic heterocycles. The quantitative estimate of drug-likeness (QED) is 0.669. The van der Waals surface area contributed by atoms with E-state index in [0.717, 1.165) is 63.8 Å². The number of amides is 3. The minimum Gasteiger partial charge on any atom is -0.353 e. The van der Waals surface area contributed by atoms with Crippen LogP contribution in [0.2, 0.25) is 0 Å². The Morgan fingerprint density at radius 1 is 1.14 bits per heavy atom. The van der Waals surface area contributed by atoms with Crippen molar-refractivity contribution in [3.63, 3.8) is 0 Å². The third kappa shape index (κ3) is 6.46. The standard InChI is InChI=1S/C23H36N4O2/c1-3-26(4-2)16-14-21(18-9-6-5-7-10-18)25-23(29)27-15-8-11-19(17-27)22(28)24-20-12-13-20/h5-7,9-10,19-21H,3-4,8,11-17H2,1-2H3,(H,24,28)(H,25,29). The summed E-state index contributed by atoms with van der Waals surface area (Å²) in [6, 6.07) is 10.5. The summed E-state index contributed by atoms with van der Waals surface area (Å²) in [7, 11) is 0. The van der Waals surface area contributed by atoms with Crippen molar-refractivity contribution in [2.24, 2.45) is 5.92 Å². The van der Waals surface area contributed by atoms with Gasteiger partial charge >= 0.3 is 6.03 Å². The van der Waals surface area contributed by atoms with E-state index in [2.05, 4.69) is 41.5 Å². The Kier molecular flexibility index (Phi) is 7.92. The molecule has 1 aromatic carbocycles. The fraction of sp³-hybridized carbons (Fsp3) is 0.652. The molecule has 1 saturated carbocycles. The SMILES string of the molecule is CCN(CC)CCC(NC(=O)N1CCCC(C(=O)NC2CC2)C1)c1ccccc1. The van der Waals surface area contributed by atoms with Crippen LogP contribution in [0.5, 0.6) is 0 Å². The molecule has 1 saturated heterocycles. The van der Waals surface area contributed by atoms with E-state index in [9.17, 15) is 9.59 Å². The number of hydrogen-bond donors (Lipinski definition) is 2. The summed E-state index contributed by atoms with van der Waals surface area (Å²) in [6.45, 7) is 8.53. The van der Waals surface area contributed by atoms with Gasteiger partial charge < -0.3 is 20.4 Å². The molecule has 1 aliphatic heterocycles. The number of rotatable bonds is 9. The second kappa shape index (κ2) is 10.6. The molecule has 29 heavy (non-hydrogen) atoms. The molecule has 2 atom stereocenters. The Morgan fingerprint density at radius 3 is 2.52 bits per heavy atom. The first kappa shape index (κ1) is 21.6. The normalized spacial score (nSPS) is 20.4. The zero-order valence-electron chi connectivity index (χ0n) is 17.9. The molecular formula is C23H36N4O2. The molecule has 2 aliphatic rings. The number of benzene rings is 1. The second-order valence-corrected chi connectivity index (χ2v) is 8.30. The molecule has 0 spiro atoms. The van der Waals surface area contributed by atoms with Gasteiger partial charge in [0, 0.05) is 25.7 Å². The van der Waals surface area contributed by atoms with Gasteiger partial charge in [0.05, 0.1) is 12.0 Å². The van der Waals surface area contributed by atoms with Crippen molar-refractivity contribution in [3.8, 4) is 0 Å². The summed E-state index contributed by atoms with van der Waals surface area (Å²) in [4.78, 5) is 29.7. The number of urea groups is 1. The fourth-order valence-corrected chi connectivity index (χ4v) is 4.02. The molecule has 6 heteroatoms. The van der Waals surface area contributed by atoms with Gasteiger partial charge in [0.2, 0.25) is 5.91 Å². The first-order valence-electron chi connectivity index (χ1n) is 11.2. The van der Waals surface area contributed by atoms with Crippen LogP contribution >= 0.6 is 0 Å². The lowest BCUT2D eigenvalue weighted by atomic mass is 9.97. The van der Waals surface area contributed by atoms with Crippen LogP contribution < -0.4 is 10.6 Å².